The number of rotatable bonds is 4. The second kappa shape index (κ2) is 10.9. The monoisotopic (exact) mass is 582 g/mol. The molecule has 0 amide bonds. The zero-order valence-electron chi connectivity index (χ0n) is 25.3. The third-order valence-corrected chi connectivity index (χ3v) is 9.40. The van der Waals surface area contributed by atoms with E-state index in [1.54, 1.807) is 0 Å². The molecule has 0 heterocycles. The molecule has 0 N–H and O–H groups in total. The van der Waals surface area contributed by atoms with Crippen LogP contribution in [-0.2, 0) is 0 Å². The molecule has 0 nitrogen and oxygen atoms in total. The molecule has 0 spiro atoms. The number of hydrogen-bond donors (Lipinski definition) is 0. The van der Waals surface area contributed by atoms with E-state index in [-0.39, 0.29) is 0 Å². The first kappa shape index (κ1) is 26.4. The van der Waals surface area contributed by atoms with Crippen molar-refractivity contribution in [1.29, 1.82) is 0 Å². The summed E-state index contributed by atoms with van der Waals surface area (Å²) in [7, 11) is 0. The Morgan fingerprint density at radius 2 is 0.587 bits per heavy atom. The van der Waals surface area contributed by atoms with Crippen molar-refractivity contribution in [3.63, 3.8) is 0 Å². The largest absolute Gasteiger partial charge is 0.0622 e. The molecular weight excluding hydrogens is 553 g/mol. The highest BCUT2D eigenvalue weighted by atomic mass is 14.2. The molecule has 0 aliphatic heterocycles. The average molecular weight is 583 g/mol. The Balaban J connectivity index is 1.36. The molecule has 0 heteroatoms. The van der Waals surface area contributed by atoms with Gasteiger partial charge in [0, 0.05) is 0 Å². The minimum atomic E-state index is 1.22. The quantitative estimate of drug-likeness (QED) is 0.143. The number of benzene rings is 9. The van der Waals surface area contributed by atoms with Crippen LogP contribution in [0.5, 0.6) is 0 Å². The van der Waals surface area contributed by atoms with E-state index in [1.807, 2.05) is 0 Å². The summed E-state index contributed by atoms with van der Waals surface area (Å²) in [5, 5.41) is 10.2. The van der Waals surface area contributed by atoms with Crippen molar-refractivity contribution < 1.29 is 0 Å². The first-order chi connectivity index (χ1) is 22.8. The van der Waals surface area contributed by atoms with Crippen LogP contribution in [0.1, 0.15) is 0 Å². The van der Waals surface area contributed by atoms with Gasteiger partial charge in [-0.25, -0.2) is 0 Å². The van der Waals surface area contributed by atoms with E-state index in [1.165, 1.54) is 87.6 Å². The Hall–Kier alpha value is -5.98. The maximum absolute atomic E-state index is 2.40. The van der Waals surface area contributed by atoms with Gasteiger partial charge in [0.2, 0.25) is 0 Å². The smallest absolute Gasteiger partial charge is 0.00259 e. The molecule has 9 rings (SSSR count). The molecule has 0 aromatic heterocycles. The molecule has 0 aliphatic carbocycles. The lowest BCUT2D eigenvalue weighted by atomic mass is 9.84. The van der Waals surface area contributed by atoms with E-state index in [4.69, 9.17) is 0 Å². The number of hydrogen-bond acceptors (Lipinski definition) is 0. The van der Waals surface area contributed by atoms with E-state index >= 15 is 0 Å². The molecule has 214 valence electrons. The summed E-state index contributed by atoms with van der Waals surface area (Å²) in [5.74, 6) is 0. The van der Waals surface area contributed by atoms with Gasteiger partial charge in [0.05, 0.1) is 0 Å². The van der Waals surface area contributed by atoms with Crippen LogP contribution in [-0.4, -0.2) is 0 Å². The van der Waals surface area contributed by atoms with Gasteiger partial charge < -0.3 is 0 Å². The predicted molar refractivity (Wildman–Crippen MR) is 198 cm³/mol. The van der Waals surface area contributed by atoms with E-state index in [2.05, 4.69) is 182 Å². The summed E-state index contributed by atoms with van der Waals surface area (Å²) in [6, 6.07) is 66.6. The van der Waals surface area contributed by atoms with Gasteiger partial charge in [0.15, 0.2) is 0 Å². The van der Waals surface area contributed by atoms with Gasteiger partial charge in [0.1, 0.15) is 0 Å². The lowest BCUT2D eigenvalue weighted by molar-refractivity contribution is 1.58. The lowest BCUT2D eigenvalue weighted by Crippen LogP contribution is -1.92. The second-order valence-corrected chi connectivity index (χ2v) is 12.1. The van der Waals surface area contributed by atoms with Crippen LogP contribution in [0, 0.1) is 0 Å². The Morgan fingerprint density at radius 3 is 1.13 bits per heavy atom. The molecule has 9 aromatic rings. The highest BCUT2D eigenvalue weighted by molar-refractivity contribution is 6.22. The predicted octanol–water partition coefficient (Wildman–Crippen LogP) is 13.0. The summed E-state index contributed by atoms with van der Waals surface area (Å²) in [6.07, 6.45) is 0. The van der Waals surface area contributed by atoms with Gasteiger partial charge in [-0.15, -0.1) is 0 Å². The molecule has 0 saturated carbocycles. The van der Waals surface area contributed by atoms with Crippen molar-refractivity contribution >= 4 is 43.1 Å². The Morgan fingerprint density at radius 1 is 0.196 bits per heavy atom. The SMILES string of the molecule is c1ccc(-c2cc(-c3ccccc3)cc(-c3c4ccccc4c(-c4ccc5ccc6ccccc6c5c4)c4ccccc34)c2)cc1. The Kier molecular flexibility index (Phi) is 6.25. The first-order valence-corrected chi connectivity index (χ1v) is 15.9. The van der Waals surface area contributed by atoms with Crippen LogP contribution < -0.4 is 0 Å². The van der Waals surface area contributed by atoms with E-state index < -0.39 is 0 Å². The van der Waals surface area contributed by atoms with Crippen molar-refractivity contribution in [2.75, 3.05) is 0 Å². The van der Waals surface area contributed by atoms with E-state index in [0.29, 0.717) is 0 Å². The van der Waals surface area contributed by atoms with E-state index in [0.717, 1.165) is 0 Å². The van der Waals surface area contributed by atoms with Gasteiger partial charge in [-0.2, -0.15) is 0 Å². The number of fused-ring (bicyclic) bond motifs is 5. The molecular formula is C46H30. The van der Waals surface area contributed by atoms with Crippen LogP contribution in [0.25, 0.3) is 87.6 Å². The highest BCUT2D eigenvalue weighted by Gasteiger charge is 2.18. The molecule has 0 bridgehead atoms. The van der Waals surface area contributed by atoms with E-state index in [9.17, 15) is 0 Å². The van der Waals surface area contributed by atoms with Gasteiger partial charge in [-0.05, 0) is 112 Å². The zero-order valence-corrected chi connectivity index (χ0v) is 25.3. The van der Waals surface area contributed by atoms with Crippen LogP contribution in [0.4, 0.5) is 0 Å². The Labute approximate surface area is 268 Å². The Bertz CT molecular complexity index is 2440. The fraction of sp³-hybridized carbons (Fsp3) is 0. The minimum absolute atomic E-state index is 1.22. The topological polar surface area (TPSA) is 0 Å². The maximum atomic E-state index is 2.40. The summed E-state index contributed by atoms with van der Waals surface area (Å²) in [4.78, 5) is 0. The summed E-state index contributed by atoms with van der Waals surface area (Å²) in [5.41, 5.74) is 9.90. The molecule has 9 aromatic carbocycles. The standard InChI is InChI=1S/C46H30/c1-3-13-31(14-4-1)36-27-37(32-15-5-2-6-16-32)29-38(28-36)46-42-21-11-9-19-40(42)45(41-20-10-12-22-43(41)46)35-26-25-34-24-23-33-17-7-8-18-39(33)44(34)30-35/h1-30H. The van der Waals surface area contributed by atoms with Crippen LogP contribution in [0.2, 0.25) is 0 Å². The van der Waals surface area contributed by atoms with Crippen molar-refractivity contribution in [3.05, 3.63) is 182 Å². The van der Waals surface area contributed by atoms with Gasteiger partial charge in [-0.1, -0.05) is 158 Å². The average Bonchev–Trinajstić information content (AvgIpc) is 3.14. The fourth-order valence-electron chi connectivity index (χ4n) is 7.27. The zero-order chi connectivity index (χ0) is 30.5. The molecule has 0 saturated heterocycles. The minimum Gasteiger partial charge on any atom is -0.0622 e. The lowest BCUT2D eigenvalue weighted by Gasteiger charge is -2.19. The van der Waals surface area contributed by atoms with Gasteiger partial charge in [0.25, 0.3) is 0 Å². The second-order valence-electron chi connectivity index (χ2n) is 12.1. The fourth-order valence-corrected chi connectivity index (χ4v) is 7.27. The van der Waals surface area contributed by atoms with Crippen molar-refractivity contribution in [2.24, 2.45) is 0 Å². The molecule has 0 fully saturated rings. The maximum Gasteiger partial charge on any atom is -0.00259 e. The molecule has 46 heavy (non-hydrogen) atoms. The van der Waals surface area contributed by atoms with Crippen molar-refractivity contribution in [2.45, 2.75) is 0 Å². The summed E-state index contributed by atoms with van der Waals surface area (Å²) >= 11 is 0. The summed E-state index contributed by atoms with van der Waals surface area (Å²) in [6.45, 7) is 0. The van der Waals surface area contributed by atoms with Crippen molar-refractivity contribution in [1.82, 2.24) is 0 Å². The highest BCUT2D eigenvalue weighted by Crippen LogP contribution is 2.46. The van der Waals surface area contributed by atoms with Crippen LogP contribution >= 0.6 is 0 Å². The molecule has 0 aliphatic rings. The normalized spacial score (nSPS) is 11.5. The summed E-state index contributed by atoms with van der Waals surface area (Å²) < 4.78 is 0. The van der Waals surface area contributed by atoms with Crippen LogP contribution in [0.3, 0.4) is 0 Å². The third kappa shape index (κ3) is 4.38. The third-order valence-electron chi connectivity index (χ3n) is 9.40. The first-order valence-electron chi connectivity index (χ1n) is 15.9. The molecule has 0 unspecified atom stereocenters. The van der Waals surface area contributed by atoms with Gasteiger partial charge in [-0.3, -0.25) is 0 Å². The molecule has 0 atom stereocenters. The molecule has 0 radical (unpaired) electrons. The van der Waals surface area contributed by atoms with Crippen LogP contribution in [0.15, 0.2) is 182 Å². The van der Waals surface area contributed by atoms with Crippen molar-refractivity contribution in [3.8, 4) is 44.5 Å². The van der Waals surface area contributed by atoms with Gasteiger partial charge >= 0.3 is 0 Å².